The first-order valence-corrected chi connectivity index (χ1v) is 8.65. The van der Waals surface area contributed by atoms with Gasteiger partial charge in [0.2, 0.25) is 0 Å². The molecule has 3 rings (SSSR count). The Kier molecular flexibility index (Phi) is 4.83. The average Bonchev–Trinajstić information content (AvgIpc) is 2.53. The van der Waals surface area contributed by atoms with Crippen LogP contribution in [0.1, 0.15) is 51.7 Å². The fraction of sp³-hybridized carbons (Fsp3) is 0.524. The lowest BCUT2D eigenvalue weighted by atomic mass is 9.70. The van der Waals surface area contributed by atoms with E-state index in [-0.39, 0.29) is 6.10 Å². The van der Waals surface area contributed by atoms with E-state index in [1.165, 1.54) is 24.0 Å². The van der Waals surface area contributed by atoms with Gasteiger partial charge in [-0.25, -0.2) is 0 Å². The van der Waals surface area contributed by atoms with Gasteiger partial charge in [0.05, 0.1) is 12.7 Å². The van der Waals surface area contributed by atoms with Crippen molar-refractivity contribution in [2.75, 3.05) is 6.61 Å². The SMILES string of the molecule is CC(C)=CCCC1=C[C@H](C)[C@H]2CO[C@H](c3ccccc3)[C@@H]1C2. The minimum absolute atomic E-state index is 0.253. The number of hydrogen-bond acceptors (Lipinski definition) is 1. The van der Waals surface area contributed by atoms with E-state index in [4.69, 9.17) is 4.74 Å². The largest absolute Gasteiger partial charge is 0.373 e. The fourth-order valence-corrected chi connectivity index (χ4v) is 3.94. The lowest BCUT2D eigenvalue weighted by molar-refractivity contribution is -0.0629. The first kappa shape index (κ1) is 15.6. The predicted octanol–water partition coefficient (Wildman–Crippen LogP) is 5.70. The van der Waals surface area contributed by atoms with E-state index in [1.54, 1.807) is 5.57 Å². The van der Waals surface area contributed by atoms with Crippen LogP contribution in [0.25, 0.3) is 0 Å². The maximum atomic E-state index is 6.30. The monoisotopic (exact) mass is 296 g/mol. The molecule has 1 fully saturated rings. The summed E-state index contributed by atoms with van der Waals surface area (Å²) in [5.74, 6) is 1.94. The molecule has 0 saturated carbocycles. The Bertz CT molecular complexity index is 551. The highest BCUT2D eigenvalue weighted by atomic mass is 16.5. The summed E-state index contributed by atoms with van der Waals surface area (Å²) in [7, 11) is 0. The van der Waals surface area contributed by atoms with E-state index in [0.717, 1.165) is 13.0 Å². The number of fused-ring (bicyclic) bond motifs is 2. The lowest BCUT2D eigenvalue weighted by Gasteiger charge is -2.43. The van der Waals surface area contributed by atoms with Gasteiger partial charge < -0.3 is 4.74 Å². The molecule has 1 aromatic rings. The highest BCUT2D eigenvalue weighted by Gasteiger charge is 2.39. The molecule has 1 aliphatic carbocycles. The molecule has 1 saturated heterocycles. The zero-order valence-corrected chi connectivity index (χ0v) is 14.1. The second-order valence-corrected chi connectivity index (χ2v) is 7.19. The minimum Gasteiger partial charge on any atom is -0.373 e. The van der Waals surface area contributed by atoms with Crippen molar-refractivity contribution >= 4 is 0 Å². The summed E-state index contributed by atoms with van der Waals surface area (Å²) in [6.07, 6.45) is 8.79. The summed E-state index contributed by atoms with van der Waals surface area (Å²) in [4.78, 5) is 0. The van der Waals surface area contributed by atoms with E-state index in [9.17, 15) is 0 Å². The molecule has 0 N–H and O–H groups in total. The summed E-state index contributed by atoms with van der Waals surface area (Å²) >= 11 is 0. The van der Waals surface area contributed by atoms with Gasteiger partial charge in [0.25, 0.3) is 0 Å². The predicted molar refractivity (Wildman–Crippen MR) is 92.6 cm³/mol. The number of ether oxygens (including phenoxy) is 1. The molecule has 22 heavy (non-hydrogen) atoms. The van der Waals surface area contributed by atoms with E-state index in [0.29, 0.717) is 17.8 Å². The third-order valence-electron chi connectivity index (χ3n) is 5.22. The van der Waals surface area contributed by atoms with Gasteiger partial charge in [0, 0.05) is 5.92 Å². The van der Waals surface area contributed by atoms with Gasteiger partial charge in [0.15, 0.2) is 0 Å². The quantitative estimate of drug-likeness (QED) is 0.647. The minimum atomic E-state index is 0.253. The van der Waals surface area contributed by atoms with Gasteiger partial charge in [-0.05, 0) is 50.5 Å². The second-order valence-electron chi connectivity index (χ2n) is 7.19. The summed E-state index contributed by atoms with van der Waals surface area (Å²) in [6.45, 7) is 7.64. The Labute approximate surface area is 135 Å². The molecule has 2 aliphatic rings. The molecule has 0 spiro atoms. The van der Waals surface area contributed by atoms with Crippen LogP contribution < -0.4 is 0 Å². The molecular formula is C21H28O. The summed E-state index contributed by atoms with van der Waals surface area (Å²) < 4.78 is 6.30. The van der Waals surface area contributed by atoms with Gasteiger partial charge in [0.1, 0.15) is 0 Å². The average molecular weight is 296 g/mol. The Morgan fingerprint density at radius 2 is 2.00 bits per heavy atom. The first-order valence-electron chi connectivity index (χ1n) is 8.65. The van der Waals surface area contributed by atoms with Crippen molar-refractivity contribution in [2.24, 2.45) is 17.8 Å². The Morgan fingerprint density at radius 3 is 2.73 bits per heavy atom. The molecule has 1 aromatic carbocycles. The topological polar surface area (TPSA) is 9.23 Å². The third kappa shape index (κ3) is 3.35. The van der Waals surface area contributed by atoms with Crippen LogP contribution in [0.3, 0.4) is 0 Å². The molecule has 0 amide bonds. The molecule has 1 aliphatic heterocycles. The van der Waals surface area contributed by atoms with Crippen LogP contribution >= 0.6 is 0 Å². The molecule has 0 unspecified atom stereocenters. The smallest absolute Gasteiger partial charge is 0.0890 e. The van der Waals surface area contributed by atoms with Crippen molar-refractivity contribution in [3.63, 3.8) is 0 Å². The normalized spacial score (nSPS) is 30.6. The van der Waals surface area contributed by atoms with E-state index < -0.39 is 0 Å². The maximum absolute atomic E-state index is 6.30. The number of rotatable bonds is 4. The lowest BCUT2D eigenvalue weighted by Crippen LogP contribution is -2.36. The van der Waals surface area contributed by atoms with Crippen molar-refractivity contribution < 1.29 is 4.74 Å². The molecule has 0 aromatic heterocycles. The molecule has 118 valence electrons. The Balaban J connectivity index is 1.81. The number of allylic oxidation sites excluding steroid dienone is 3. The first-order chi connectivity index (χ1) is 10.6. The second kappa shape index (κ2) is 6.83. The van der Waals surface area contributed by atoms with Crippen molar-refractivity contribution in [3.05, 3.63) is 59.2 Å². The van der Waals surface area contributed by atoms with Gasteiger partial charge >= 0.3 is 0 Å². The summed E-state index contributed by atoms with van der Waals surface area (Å²) in [5, 5.41) is 0. The Morgan fingerprint density at radius 1 is 1.23 bits per heavy atom. The van der Waals surface area contributed by atoms with Crippen molar-refractivity contribution in [2.45, 2.75) is 46.1 Å². The van der Waals surface area contributed by atoms with E-state index in [1.807, 2.05) is 0 Å². The van der Waals surface area contributed by atoms with Crippen LogP contribution in [-0.2, 0) is 4.74 Å². The molecule has 0 radical (unpaired) electrons. The zero-order valence-electron chi connectivity index (χ0n) is 14.1. The molecule has 1 heteroatoms. The van der Waals surface area contributed by atoms with Crippen LogP contribution in [0.15, 0.2) is 53.6 Å². The molecule has 1 nitrogen and oxygen atoms in total. The van der Waals surface area contributed by atoms with Crippen LogP contribution in [-0.4, -0.2) is 6.61 Å². The highest BCUT2D eigenvalue weighted by molar-refractivity contribution is 5.26. The van der Waals surface area contributed by atoms with Crippen LogP contribution in [0.5, 0.6) is 0 Å². The van der Waals surface area contributed by atoms with Crippen LogP contribution in [0.4, 0.5) is 0 Å². The highest BCUT2D eigenvalue weighted by Crippen LogP contribution is 2.47. The number of benzene rings is 1. The van der Waals surface area contributed by atoms with Crippen molar-refractivity contribution in [1.82, 2.24) is 0 Å². The third-order valence-corrected chi connectivity index (χ3v) is 5.22. The van der Waals surface area contributed by atoms with Crippen molar-refractivity contribution in [3.8, 4) is 0 Å². The van der Waals surface area contributed by atoms with E-state index in [2.05, 4.69) is 63.3 Å². The van der Waals surface area contributed by atoms with E-state index >= 15 is 0 Å². The number of hydrogen-bond donors (Lipinski definition) is 0. The Hall–Kier alpha value is -1.34. The van der Waals surface area contributed by atoms with Crippen molar-refractivity contribution in [1.29, 1.82) is 0 Å². The standard InChI is InChI=1S/C21H28O/c1-15(2)8-7-11-18-12-16(3)19-13-20(18)21(22-14-19)17-9-5-4-6-10-17/h4-6,8-10,12,16,19-21H,7,11,13-14H2,1-3H3/t16-,19+,20+,21+/m0/s1. The molecule has 2 bridgehead atoms. The summed E-state index contributed by atoms with van der Waals surface area (Å²) in [5.41, 5.74) is 4.38. The maximum Gasteiger partial charge on any atom is 0.0890 e. The van der Waals surface area contributed by atoms with Gasteiger partial charge in [-0.15, -0.1) is 0 Å². The van der Waals surface area contributed by atoms with Gasteiger partial charge in [-0.3, -0.25) is 0 Å². The fourth-order valence-electron chi connectivity index (χ4n) is 3.94. The molecular weight excluding hydrogens is 268 g/mol. The van der Waals surface area contributed by atoms with Crippen LogP contribution in [0.2, 0.25) is 0 Å². The molecule has 1 heterocycles. The van der Waals surface area contributed by atoms with Crippen LogP contribution in [0, 0.1) is 17.8 Å². The summed E-state index contributed by atoms with van der Waals surface area (Å²) in [6, 6.07) is 10.8. The van der Waals surface area contributed by atoms with Gasteiger partial charge in [-0.1, -0.05) is 60.6 Å². The molecule has 4 atom stereocenters. The zero-order chi connectivity index (χ0) is 15.5. The van der Waals surface area contributed by atoms with Gasteiger partial charge in [-0.2, -0.15) is 0 Å².